The van der Waals surface area contributed by atoms with E-state index < -0.39 is 0 Å². The normalized spacial score (nSPS) is 25.5. The van der Waals surface area contributed by atoms with Crippen molar-refractivity contribution in [1.29, 1.82) is 0 Å². The van der Waals surface area contributed by atoms with E-state index in [1.807, 2.05) is 13.0 Å². The molecule has 0 saturated carbocycles. The van der Waals surface area contributed by atoms with Gasteiger partial charge >= 0.3 is 0 Å². The van der Waals surface area contributed by atoms with Gasteiger partial charge in [-0.1, -0.05) is 26.0 Å². The molecular formula is C16H26N2O. The third kappa shape index (κ3) is 3.28. The lowest BCUT2D eigenvalue weighted by molar-refractivity contribution is 0.239. The van der Waals surface area contributed by atoms with E-state index in [0.717, 1.165) is 30.7 Å². The Labute approximate surface area is 116 Å². The van der Waals surface area contributed by atoms with Crippen molar-refractivity contribution in [2.75, 3.05) is 26.2 Å². The lowest BCUT2D eigenvalue weighted by atomic mass is 10.0. The highest BCUT2D eigenvalue weighted by atomic mass is 16.5. The number of hydrogen-bond acceptors (Lipinski definition) is 3. The molecule has 19 heavy (non-hydrogen) atoms. The van der Waals surface area contributed by atoms with Crippen molar-refractivity contribution < 1.29 is 4.74 Å². The molecule has 0 amide bonds. The Kier molecular flexibility index (Phi) is 4.83. The molecule has 0 radical (unpaired) electrons. The summed E-state index contributed by atoms with van der Waals surface area (Å²) in [7, 11) is 0. The van der Waals surface area contributed by atoms with Gasteiger partial charge in [-0.05, 0) is 36.5 Å². The lowest BCUT2D eigenvalue weighted by Crippen LogP contribution is -2.32. The molecule has 2 N–H and O–H groups in total. The molecule has 1 saturated heterocycles. The number of hydrogen-bond donors (Lipinski definition) is 1. The molecule has 2 rings (SSSR count). The first kappa shape index (κ1) is 14.4. The second-order valence-electron chi connectivity index (χ2n) is 5.67. The monoisotopic (exact) mass is 262 g/mol. The molecular weight excluding hydrogens is 236 g/mol. The smallest absolute Gasteiger partial charge is 0.119 e. The molecule has 0 bridgehead atoms. The van der Waals surface area contributed by atoms with Gasteiger partial charge in [-0.2, -0.15) is 0 Å². The van der Waals surface area contributed by atoms with Crippen molar-refractivity contribution in [1.82, 2.24) is 4.90 Å². The van der Waals surface area contributed by atoms with E-state index >= 15 is 0 Å². The van der Waals surface area contributed by atoms with E-state index in [-0.39, 0.29) is 0 Å². The van der Waals surface area contributed by atoms with Crippen molar-refractivity contribution in [3.05, 3.63) is 29.8 Å². The number of nitrogens with two attached hydrogens (primary N) is 1. The average Bonchev–Trinajstić information content (AvgIpc) is 2.71. The molecule has 1 aliphatic heterocycles. The highest BCUT2D eigenvalue weighted by Crippen LogP contribution is 2.31. The van der Waals surface area contributed by atoms with Gasteiger partial charge in [0.25, 0.3) is 0 Å². The molecule has 1 aromatic rings. The van der Waals surface area contributed by atoms with Crippen molar-refractivity contribution in [2.24, 2.45) is 17.6 Å². The van der Waals surface area contributed by atoms with Gasteiger partial charge in [-0.25, -0.2) is 0 Å². The fraction of sp³-hybridized carbons (Fsp3) is 0.625. The molecule has 3 nitrogen and oxygen atoms in total. The van der Waals surface area contributed by atoms with Crippen molar-refractivity contribution in [3.8, 4) is 5.75 Å². The van der Waals surface area contributed by atoms with Crippen LogP contribution in [0, 0.1) is 11.8 Å². The number of benzene rings is 1. The molecule has 0 aliphatic carbocycles. The minimum absolute atomic E-state index is 0.313. The van der Waals surface area contributed by atoms with Crippen LogP contribution in [0.1, 0.15) is 32.4 Å². The maximum absolute atomic E-state index is 6.02. The molecule has 1 heterocycles. The highest BCUT2D eigenvalue weighted by Gasteiger charge is 2.31. The Morgan fingerprint density at radius 3 is 2.58 bits per heavy atom. The maximum Gasteiger partial charge on any atom is 0.119 e. The Bertz CT molecular complexity index is 397. The molecule has 3 heteroatoms. The largest absolute Gasteiger partial charge is 0.494 e. The minimum atomic E-state index is 0.313. The number of likely N-dealkylation sites (tertiary alicyclic amines) is 1. The molecule has 1 aromatic carbocycles. The van der Waals surface area contributed by atoms with E-state index in [0.29, 0.717) is 19.2 Å². The van der Waals surface area contributed by atoms with E-state index in [1.54, 1.807) is 0 Å². The summed E-state index contributed by atoms with van der Waals surface area (Å²) >= 11 is 0. The van der Waals surface area contributed by atoms with Crippen LogP contribution in [0.2, 0.25) is 0 Å². The second kappa shape index (κ2) is 6.40. The predicted molar refractivity (Wildman–Crippen MR) is 79.3 cm³/mol. The van der Waals surface area contributed by atoms with Crippen molar-refractivity contribution >= 4 is 0 Å². The first-order valence-electron chi connectivity index (χ1n) is 7.32. The van der Waals surface area contributed by atoms with Crippen LogP contribution in [-0.4, -0.2) is 31.1 Å². The summed E-state index contributed by atoms with van der Waals surface area (Å²) in [5.74, 6) is 2.45. The standard InChI is InChI=1S/C16H26N2O/c1-4-19-15-7-5-6-14(8-15)16(9-17)18-10-12(2)13(3)11-18/h5-8,12-13,16H,4,9-11,17H2,1-3H3. The molecule has 0 aromatic heterocycles. The van der Waals surface area contributed by atoms with Gasteiger partial charge in [0.2, 0.25) is 0 Å². The zero-order valence-corrected chi connectivity index (χ0v) is 12.3. The zero-order valence-electron chi connectivity index (χ0n) is 12.3. The quantitative estimate of drug-likeness (QED) is 0.886. The first-order chi connectivity index (χ1) is 9.15. The first-order valence-corrected chi connectivity index (χ1v) is 7.32. The summed E-state index contributed by atoms with van der Waals surface area (Å²) in [4.78, 5) is 2.51. The fourth-order valence-electron chi connectivity index (χ4n) is 2.90. The number of rotatable bonds is 5. The molecule has 1 aliphatic rings. The third-order valence-electron chi connectivity index (χ3n) is 4.23. The Balaban J connectivity index is 2.15. The second-order valence-corrected chi connectivity index (χ2v) is 5.67. The van der Waals surface area contributed by atoms with Gasteiger partial charge in [0.05, 0.1) is 6.61 Å². The van der Waals surface area contributed by atoms with Crippen molar-refractivity contribution in [2.45, 2.75) is 26.8 Å². The van der Waals surface area contributed by atoms with Gasteiger partial charge in [-0.15, -0.1) is 0 Å². The van der Waals surface area contributed by atoms with E-state index in [1.165, 1.54) is 5.56 Å². The van der Waals surface area contributed by atoms with Crippen LogP contribution in [0.4, 0.5) is 0 Å². The molecule has 3 atom stereocenters. The van der Waals surface area contributed by atoms with Crippen LogP contribution in [0.15, 0.2) is 24.3 Å². The maximum atomic E-state index is 6.02. The van der Waals surface area contributed by atoms with Crippen LogP contribution < -0.4 is 10.5 Å². The average molecular weight is 262 g/mol. The number of ether oxygens (including phenoxy) is 1. The van der Waals surface area contributed by atoms with E-state index in [9.17, 15) is 0 Å². The van der Waals surface area contributed by atoms with Crippen LogP contribution in [0.3, 0.4) is 0 Å². The summed E-state index contributed by atoms with van der Waals surface area (Å²) in [6.07, 6.45) is 0. The fourth-order valence-corrected chi connectivity index (χ4v) is 2.90. The topological polar surface area (TPSA) is 38.5 Å². The van der Waals surface area contributed by atoms with E-state index in [2.05, 4.69) is 36.9 Å². The molecule has 0 spiro atoms. The Morgan fingerprint density at radius 1 is 1.32 bits per heavy atom. The Morgan fingerprint density at radius 2 is 2.00 bits per heavy atom. The van der Waals surface area contributed by atoms with Gasteiger partial charge in [0, 0.05) is 25.7 Å². The van der Waals surface area contributed by atoms with Crippen LogP contribution in [-0.2, 0) is 0 Å². The Hall–Kier alpha value is -1.06. The van der Waals surface area contributed by atoms with Gasteiger partial charge in [0.1, 0.15) is 5.75 Å². The van der Waals surface area contributed by atoms with Crippen molar-refractivity contribution in [3.63, 3.8) is 0 Å². The molecule has 3 unspecified atom stereocenters. The van der Waals surface area contributed by atoms with Crippen LogP contribution >= 0.6 is 0 Å². The molecule has 1 fully saturated rings. The van der Waals surface area contributed by atoms with Gasteiger partial charge < -0.3 is 10.5 Å². The summed E-state index contributed by atoms with van der Waals surface area (Å²) in [6, 6.07) is 8.68. The zero-order chi connectivity index (χ0) is 13.8. The molecule has 106 valence electrons. The van der Waals surface area contributed by atoms with Crippen LogP contribution in [0.5, 0.6) is 5.75 Å². The van der Waals surface area contributed by atoms with Crippen LogP contribution in [0.25, 0.3) is 0 Å². The minimum Gasteiger partial charge on any atom is -0.494 e. The summed E-state index contributed by atoms with van der Waals surface area (Å²) < 4.78 is 5.59. The summed E-state index contributed by atoms with van der Waals surface area (Å²) in [5.41, 5.74) is 7.29. The summed E-state index contributed by atoms with van der Waals surface area (Å²) in [6.45, 7) is 10.3. The lowest BCUT2D eigenvalue weighted by Gasteiger charge is -2.27. The number of nitrogens with zero attached hydrogens (tertiary/aromatic N) is 1. The predicted octanol–water partition coefficient (Wildman–Crippen LogP) is 2.67. The SMILES string of the molecule is CCOc1cccc(C(CN)N2CC(C)C(C)C2)c1. The van der Waals surface area contributed by atoms with Gasteiger partial charge in [-0.3, -0.25) is 4.90 Å². The third-order valence-corrected chi connectivity index (χ3v) is 4.23. The summed E-state index contributed by atoms with van der Waals surface area (Å²) in [5, 5.41) is 0. The van der Waals surface area contributed by atoms with E-state index in [4.69, 9.17) is 10.5 Å². The van der Waals surface area contributed by atoms with Gasteiger partial charge in [0.15, 0.2) is 0 Å². The highest BCUT2D eigenvalue weighted by molar-refractivity contribution is 5.31.